The highest BCUT2D eigenvalue weighted by atomic mass is 35.5. The van der Waals surface area contributed by atoms with Gasteiger partial charge in [0.2, 0.25) is 0 Å². The van der Waals surface area contributed by atoms with Crippen molar-refractivity contribution >= 4 is 52.8 Å². The van der Waals surface area contributed by atoms with Gasteiger partial charge in [-0.1, -0.05) is 41.4 Å². The van der Waals surface area contributed by atoms with Crippen LogP contribution in [-0.4, -0.2) is 16.1 Å². The van der Waals surface area contributed by atoms with E-state index in [1.54, 1.807) is 6.07 Å². The van der Waals surface area contributed by atoms with E-state index in [0.717, 1.165) is 10.6 Å². The van der Waals surface area contributed by atoms with Crippen LogP contribution in [0.1, 0.15) is 12.0 Å². The van der Waals surface area contributed by atoms with Gasteiger partial charge in [0.05, 0.1) is 4.58 Å². The van der Waals surface area contributed by atoms with E-state index in [9.17, 15) is 0 Å². The van der Waals surface area contributed by atoms with Crippen LogP contribution in [0.4, 0.5) is 0 Å². The summed E-state index contributed by atoms with van der Waals surface area (Å²) >= 11 is 15.9. The maximum atomic E-state index is 6.10. The normalized spacial score (nSPS) is 18.1. The topological polar surface area (TPSA) is 0 Å². The van der Waals surface area contributed by atoms with Crippen LogP contribution in [-0.2, 0) is 0 Å². The van der Waals surface area contributed by atoms with E-state index in [2.05, 4.69) is 12.2 Å². The molecule has 1 aromatic rings. The van der Waals surface area contributed by atoms with Crippen molar-refractivity contribution in [3.05, 3.63) is 39.9 Å². The van der Waals surface area contributed by atoms with Gasteiger partial charge in [-0.3, -0.25) is 0 Å². The summed E-state index contributed by atoms with van der Waals surface area (Å²) in [6.45, 7) is 0. The molecule has 0 radical (unpaired) electrons. The van der Waals surface area contributed by atoms with Crippen LogP contribution in [0.2, 0.25) is 10.0 Å². The molecule has 0 unspecified atom stereocenters. The highest BCUT2D eigenvalue weighted by Gasteiger charge is 2.10. The molecule has 0 N–H and O–H groups in total. The molecule has 0 aliphatic carbocycles. The number of halogens is 2. The number of benzene rings is 1. The molecule has 0 spiro atoms. The summed E-state index contributed by atoms with van der Waals surface area (Å²) in [6, 6.07) is 5.61. The largest absolute Gasteiger partial charge is 0.143 e. The fraction of sp³-hybridized carbons (Fsp3) is 0.333. The van der Waals surface area contributed by atoms with Crippen molar-refractivity contribution in [2.24, 2.45) is 0 Å². The van der Waals surface area contributed by atoms with Crippen molar-refractivity contribution in [3.8, 4) is 0 Å². The molecule has 0 atom stereocenters. The summed E-state index contributed by atoms with van der Waals surface area (Å²) in [7, 11) is 0. The van der Waals surface area contributed by atoms with E-state index >= 15 is 0 Å². The Bertz CT molecular complexity index is 385. The van der Waals surface area contributed by atoms with Gasteiger partial charge in [-0.05, 0) is 35.6 Å². The Hall–Kier alpha value is 0.240. The number of hydrogen-bond acceptors (Lipinski definition) is 2. The van der Waals surface area contributed by atoms with Crippen LogP contribution in [0, 0.1) is 0 Å². The average Bonchev–Trinajstić information content (AvgIpc) is 2.29. The standard InChI is InChI=1S/C12H12Cl2S2/c13-10-4-2-9(11(14)8-10)3-5-12-15-6-1-7-16-12/h2-5,8,12H,1,6-7H2/b5-3+. The van der Waals surface area contributed by atoms with Gasteiger partial charge >= 0.3 is 0 Å². The van der Waals surface area contributed by atoms with Gasteiger partial charge < -0.3 is 0 Å². The lowest BCUT2D eigenvalue weighted by atomic mass is 10.2. The molecule has 1 heterocycles. The van der Waals surface area contributed by atoms with E-state index in [1.165, 1.54) is 17.9 Å². The zero-order chi connectivity index (χ0) is 11.4. The predicted molar refractivity (Wildman–Crippen MR) is 78.8 cm³/mol. The van der Waals surface area contributed by atoms with Crippen LogP contribution in [0.25, 0.3) is 6.08 Å². The second-order valence-electron chi connectivity index (χ2n) is 3.49. The van der Waals surface area contributed by atoms with Crippen LogP contribution in [0.5, 0.6) is 0 Å². The lowest BCUT2D eigenvalue weighted by Gasteiger charge is -2.17. The van der Waals surface area contributed by atoms with Gasteiger partial charge in [0.25, 0.3) is 0 Å². The van der Waals surface area contributed by atoms with Crippen molar-refractivity contribution < 1.29 is 0 Å². The smallest absolute Gasteiger partial charge is 0.0685 e. The third-order valence-electron chi connectivity index (χ3n) is 2.25. The molecule has 0 aromatic heterocycles. The monoisotopic (exact) mass is 290 g/mol. The fourth-order valence-electron chi connectivity index (χ4n) is 1.44. The molecule has 16 heavy (non-hydrogen) atoms. The molecule has 1 aliphatic heterocycles. The molecule has 0 amide bonds. The molecule has 1 aromatic carbocycles. The van der Waals surface area contributed by atoms with Crippen molar-refractivity contribution in [1.82, 2.24) is 0 Å². The van der Waals surface area contributed by atoms with Crippen LogP contribution >= 0.6 is 46.7 Å². The fourth-order valence-corrected chi connectivity index (χ4v) is 4.52. The minimum Gasteiger partial charge on any atom is -0.143 e. The minimum atomic E-state index is 0.570. The van der Waals surface area contributed by atoms with Gasteiger partial charge in [-0.2, -0.15) is 0 Å². The van der Waals surface area contributed by atoms with E-state index in [4.69, 9.17) is 23.2 Å². The van der Waals surface area contributed by atoms with Crippen molar-refractivity contribution in [2.75, 3.05) is 11.5 Å². The summed E-state index contributed by atoms with van der Waals surface area (Å²) in [5, 5.41) is 1.40. The van der Waals surface area contributed by atoms with E-state index < -0.39 is 0 Å². The Balaban J connectivity index is 2.04. The van der Waals surface area contributed by atoms with Crippen molar-refractivity contribution in [2.45, 2.75) is 11.0 Å². The first-order valence-corrected chi connectivity index (χ1v) is 7.97. The summed E-state index contributed by atoms with van der Waals surface area (Å²) in [6.07, 6.45) is 5.64. The van der Waals surface area contributed by atoms with Crippen LogP contribution < -0.4 is 0 Å². The zero-order valence-electron chi connectivity index (χ0n) is 8.66. The summed E-state index contributed by atoms with van der Waals surface area (Å²) in [5.41, 5.74) is 1.04. The quantitative estimate of drug-likeness (QED) is 0.734. The molecular weight excluding hydrogens is 279 g/mol. The highest BCUT2D eigenvalue weighted by molar-refractivity contribution is 8.17. The van der Waals surface area contributed by atoms with Gasteiger partial charge in [0.15, 0.2) is 0 Å². The molecule has 0 saturated carbocycles. The molecule has 1 fully saturated rings. The van der Waals surface area contributed by atoms with Crippen LogP contribution in [0.15, 0.2) is 24.3 Å². The lowest BCUT2D eigenvalue weighted by molar-refractivity contribution is 1.11. The third-order valence-corrected chi connectivity index (χ3v) is 5.65. The first kappa shape index (κ1) is 12.7. The lowest BCUT2D eigenvalue weighted by Crippen LogP contribution is -2.02. The van der Waals surface area contributed by atoms with E-state index in [1.807, 2.05) is 35.7 Å². The Morgan fingerprint density at radius 1 is 1.19 bits per heavy atom. The maximum absolute atomic E-state index is 6.10. The summed E-state index contributed by atoms with van der Waals surface area (Å²) in [4.78, 5) is 0. The highest BCUT2D eigenvalue weighted by Crippen LogP contribution is 2.32. The Kier molecular flexibility index (Phi) is 4.96. The Labute approximate surface area is 115 Å². The molecular formula is C12H12Cl2S2. The molecule has 2 rings (SSSR count). The van der Waals surface area contributed by atoms with Crippen LogP contribution in [0.3, 0.4) is 0 Å². The summed E-state index contributed by atoms with van der Waals surface area (Å²) in [5.74, 6) is 2.52. The first-order chi connectivity index (χ1) is 7.75. The first-order valence-electron chi connectivity index (χ1n) is 5.12. The molecule has 0 bridgehead atoms. The SMILES string of the molecule is Clc1ccc(/C=C/C2SCCCS2)c(Cl)c1. The van der Waals surface area contributed by atoms with Gasteiger partial charge in [-0.15, -0.1) is 23.5 Å². The van der Waals surface area contributed by atoms with E-state index in [0.29, 0.717) is 9.60 Å². The minimum absolute atomic E-state index is 0.570. The third kappa shape index (κ3) is 3.63. The molecule has 1 saturated heterocycles. The zero-order valence-corrected chi connectivity index (χ0v) is 11.8. The Morgan fingerprint density at radius 2 is 1.94 bits per heavy atom. The Morgan fingerprint density at radius 3 is 2.62 bits per heavy atom. The van der Waals surface area contributed by atoms with Gasteiger partial charge in [0, 0.05) is 10.0 Å². The number of rotatable bonds is 2. The second kappa shape index (κ2) is 6.25. The molecule has 4 heteroatoms. The molecule has 86 valence electrons. The number of thioether (sulfide) groups is 2. The summed E-state index contributed by atoms with van der Waals surface area (Å²) < 4.78 is 0.570. The number of hydrogen-bond donors (Lipinski definition) is 0. The van der Waals surface area contributed by atoms with Gasteiger partial charge in [-0.25, -0.2) is 0 Å². The maximum Gasteiger partial charge on any atom is 0.0685 e. The second-order valence-corrected chi connectivity index (χ2v) is 7.13. The van der Waals surface area contributed by atoms with Crippen molar-refractivity contribution in [1.29, 1.82) is 0 Å². The molecule has 1 aliphatic rings. The average molecular weight is 291 g/mol. The van der Waals surface area contributed by atoms with Gasteiger partial charge in [0.1, 0.15) is 0 Å². The predicted octanol–water partition coefficient (Wildman–Crippen LogP) is 5.20. The van der Waals surface area contributed by atoms with E-state index in [-0.39, 0.29) is 0 Å². The molecule has 0 nitrogen and oxygen atoms in total. The van der Waals surface area contributed by atoms with Crippen molar-refractivity contribution in [3.63, 3.8) is 0 Å².